The van der Waals surface area contributed by atoms with Crippen molar-refractivity contribution >= 4 is 17.6 Å². The molecule has 4 aliphatic rings. The Morgan fingerprint density at radius 1 is 0.917 bits per heavy atom. The molecule has 4 bridgehead atoms. The van der Waals surface area contributed by atoms with Gasteiger partial charge in [-0.1, -0.05) is 12.2 Å². The molecule has 0 heterocycles. The minimum absolute atomic E-state index is 0.532. The maximum absolute atomic E-state index is 5.22. The molecule has 1 heteroatoms. The molecule has 4 saturated carbocycles. The van der Waals surface area contributed by atoms with Gasteiger partial charge >= 0.3 is 0 Å². The summed E-state index contributed by atoms with van der Waals surface area (Å²) in [6.45, 7) is 0. The van der Waals surface area contributed by atoms with E-state index >= 15 is 0 Å². The third kappa shape index (κ3) is 0.921. The van der Waals surface area contributed by atoms with Crippen molar-refractivity contribution in [2.24, 2.45) is 23.2 Å². The van der Waals surface area contributed by atoms with Crippen molar-refractivity contribution in [3.8, 4) is 0 Å². The average molecular weight is 180 g/mol. The molecule has 0 aromatic heterocycles. The Hall–Kier alpha value is 0.0900. The fraction of sp³-hybridized carbons (Fsp3) is 0.909. The van der Waals surface area contributed by atoms with Crippen LogP contribution in [-0.4, -0.2) is 5.37 Å². The Labute approximate surface area is 79.7 Å². The van der Waals surface area contributed by atoms with Gasteiger partial charge in [0.05, 0.1) is 0 Å². The molecule has 0 nitrogen and oxygen atoms in total. The average Bonchev–Trinajstić information content (AvgIpc) is 2.02. The van der Waals surface area contributed by atoms with Crippen molar-refractivity contribution in [3.63, 3.8) is 0 Å². The van der Waals surface area contributed by atoms with E-state index in [1.165, 1.54) is 38.5 Å². The first-order chi connectivity index (χ1) is 5.80. The summed E-state index contributed by atoms with van der Waals surface area (Å²) < 4.78 is 0. The lowest BCUT2D eigenvalue weighted by atomic mass is 9.50. The maximum Gasteiger partial charge on any atom is -0.000571 e. The zero-order chi connectivity index (χ0) is 8.18. The standard InChI is InChI=1S/C11H16S/c12-7-11-4-8-1-9(5-11)3-10(2-8)6-11/h7-10H,1-6H2. The van der Waals surface area contributed by atoms with Crippen LogP contribution in [0, 0.1) is 23.2 Å². The van der Waals surface area contributed by atoms with Gasteiger partial charge in [0, 0.05) is 0 Å². The summed E-state index contributed by atoms with van der Waals surface area (Å²) in [5.41, 5.74) is 0.532. The Morgan fingerprint density at radius 2 is 1.33 bits per heavy atom. The fourth-order valence-corrected chi connectivity index (χ4v) is 4.61. The molecule has 0 amide bonds. The number of rotatable bonds is 1. The highest BCUT2D eigenvalue weighted by Crippen LogP contribution is 2.59. The van der Waals surface area contributed by atoms with E-state index in [9.17, 15) is 0 Å². The predicted molar refractivity (Wildman–Crippen MR) is 54.3 cm³/mol. The predicted octanol–water partition coefficient (Wildman–Crippen LogP) is 3.20. The van der Waals surface area contributed by atoms with Crippen LogP contribution >= 0.6 is 12.2 Å². The van der Waals surface area contributed by atoms with Crippen molar-refractivity contribution in [1.82, 2.24) is 0 Å². The number of hydrogen-bond acceptors (Lipinski definition) is 1. The third-order valence-corrected chi connectivity index (χ3v) is 4.84. The minimum Gasteiger partial charge on any atom is -0.0929 e. The molecule has 4 fully saturated rings. The SMILES string of the molecule is S=CC12CC3CC(CC(C3)C1)C2. The fourth-order valence-electron chi connectivity index (χ4n) is 4.32. The van der Waals surface area contributed by atoms with Gasteiger partial charge in [-0.15, -0.1) is 0 Å². The van der Waals surface area contributed by atoms with Crippen LogP contribution < -0.4 is 0 Å². The first kappa shape index (κ1) is 7.49. The lowest BCUT2D eigenvalue weighted by Crippen LogP contribution is -2.46. The lowest BCUT2D eigenvalue weighted by Gasteiger charge is -2.55. The molecule has 0 spiro atoms. The summed E-state index contributed by atoms with van der Waals surface area (Å²) in [6, 6.07) is 0. The summed E-state index contributed by atoms with van der Waals surface area (Å²) >= 11 is 5.22. The van der Waals surface area contributed by atoms with Crippen LogP contribution in [0.15, 0.2) is 0 Å². The molecule has 0 radical (unpaired) electrons. The smallest absolute Gasteiger partial charge is 0.000571 e. The quantitative estimate of drug-likeness (QED) is 0.558. The zero-order valence-corrected chi connectivity index (χ0v) is 8.28. The van der Waals surface area contributed by atoms with E-state index < -0.39 is 0 Å². The van der Waals surface area contributed by atoms with Crippen LogP contribution in [0.1, 0.15) is 38.5 Å². The van der Waals surface area contributed by atoms with E-state index in [0.717, 1.165) is 17.8 Å². The first-order valence-electron chi connectivity index (χ1n) is 5.26. The van der Waals surface area contributed by atoms with Crippen molar-refractivity contribution in [1.29, 1.82) is 0 Å². The Bertz CT molecular complexity index is 184. The molecule has 0 unspecified atom stereocenters. The monoisotopic (exact) mass is 180 g/mol. The van der Waals surface area contributed by atoms with Crippen molar-refractivity contribution in [2.45, 2.75) is 38.5 Å². The Kier molecular flexibility index (Phi) is 1.44. The second-order valence-corrected chi connectivity index (χ2v) is 5.63. The lowest BCUT2D eigenvalue weighted by molar-refractivity contribution is -0.00848. The highest BCUT2D eigenvalue weighted by atomic mass is 32.1. The van der Waals surface area contributed by atoms with Gasteiger partial charge in [-0.25, -0.2) is 0 Å². The van der Waals surface area contributed by atoms with Crippen LogP contribution in [0.25, 0.3) is 0 Å². The summed E-state index contributed by atoms with van der Waals surface area (Å²) in [5.74, 6) is 3.15. The van der Waals surface area contributed by atoms with E-state index in [1.807, 2.05) is 0 Å². The van der Waals surface area contributed by atoms with Gasteiger partial charge in [-0.05, 0) is 67.1 Å². The second-order valence-electron chi connectivity index (χ2n) is 5.40. The highest BCUT2D eigenvalue weighted by molar-refractivity contribution is 7.79. The van der Waals surface area contributed by atoms with E-state index in [4.69, 9.17) is 12.2 Å². The zero-order valence-electron chi connectivity index (χ0n) is 7.46. The van der Waals surface area contributed by atoms with Crippen molar-refractivity contribution < 1.29 is 0 Å². The van der Waals surface area contributed by atoms with Gasteiger partial charge in [-0.3, -0.25) is 0 Å². The van der Waals surface area contributed by atoms with Gasteiger partial charge in [0.1, 0.15) is 0 Å². The molecule has 0 N–H and O–H groups in total. The summed E-state index contributed by atoms with van der Waals surface area (Å²) in [7, 11) is 0. The molecule has 0 aliphatic heterocycles. The molecule has 0 aromatic carbocycles. The van der Waals surface area contributed by atoms with Gasteiger partial charge in [0.2, 0.25) is 0 Å². The molecular formula is C11H16S. The van der Waals surface area contributed by atoms with E-state index in [1.54, 1.807) is 0 Å². The van der Waals surface area contributed by atoms with Crippen LogP contribution in [0.2, 0.25) is 0 Å². The van der Waals surface area contributed by atoms with Crippen molar-refractivity contribution in [2.75, 3.05) is 0 Å². The van der Waals surface area contributed by atoms with Gasteiger partial charge < -0.3 is 0 Å². The summed E-state index contributed by atoms with van der Waals surface area (Å²) in [4.78, 5) is 0. The van der Waals surface area contributed by atoms with Crippen LogP contribution in [0.3, 0.4) is 0 Å². The number of hydrogen-bond donors (Lipinski definition) is 0. The van der Waals surface area contributed by atoms with E-state index in [0.29, 0.717) is 5.41 Å². The van der Waals surface area contributed by atoms with Gasteiger partial charge in [0.15, 0.2) is 0 Å². The Morgan fingerprint density at radius 3 is 1.67 bits per heavy atom. The van der Waals surface area contributed by atoms with Gasteiger partial charge in [-0.2, -0.15) is 0 Å². The molecule has 0 atom stereocenters. The highest BCUT2D eigenvalue weighted by Gasteiger charge is 2.49. The normalized spacial score (nSPS) is 55.8. The number of thiocarbonyl (C=S) groups is 1. The van der Waals surface area contributed by atoms with Gasteiger partial charge in [0.25, 0.3) is 0 Å². The molecular weight excluding hydrogens is 164 g/mol. The first-order valence-corrected chi connectivity index (χ1v) is 5.73. The third-order valence-electron chi connectivity index (χ3n) is 4.34. The molecule has 4 rings (SSSR count). The van der Waals surface area contributed by atoms with Crippen LogP contribution in [0.5, 0.6) is 0 Å². The molecule has 0 aromatic rings. The molecule has 4 aliphatic carbocycles. The van der Waals surface area contributed by atoms with E-state index in [-0.39, 0.29) is 0 Å². The topological polar surface area (TPSA) is 0 Å². The maximum atomic E-state index is 5.22. The largest absolute Gasteiger partial charge is 0.0929 e. The van der Waals surface area contributed by atoms with Crippen molar-refractivity contribution in [3.05, 3.63) is 0 Å². The molecule has 66 valence electrons. The molecule has 12 heavy (non-hydrogen) atoms. The molecule has 0 saturated heterocycles. The van der Waals surface area contributed by atoms with Crippen LogP contribution in [-0.2, 0) is 0 Å². The summed E-state index contributed by atoms with van der Waals surface area (Å²) in [6.07, 6.45) is 8.89. The van der Waals surface area contributed by atoms with Crippen LogP contribution in [0.4, 0.5) is 0 Å². The van der Waals surface area contributed by atoms with E-state index in [2.05, 4.69) is 5.37 Å². The summed E-state index contributed by atoms with van der Waals surface area (Å²) in [5, 5.41) is 2.12. The Balaban J connectivity index is 1.95. The minimum atomic E-state index is 0.532. The second kappa shape index (κ2) is 2.31.